The maximum absolute atomic E-state index is 12.0. The monoisotopic (exact) mass is 316 g/mol. The Kier molecular flexibility index (Phi) is 5.86. The highest BCUT2D eigenvalue weighted by Crippen LogP contribution is 2.27. The maximum atomic E-state index is 12.0. The van der Waals surface area contributed by atoms with E-state index in [1.165, 1.54) is 11.3 Å². The van der Waals surface area contributed by atoms with Gasteiger partial charge in [-0.3, -0.25) is 10.1 Å². The zero-order valence-electron chi connectivity index (χ0n) is 12.8. The molecule has 2 aromatic rings. The molecule has 0 aliphatic rings. The molecular formula is C17H20N2O2S. The number of aryl methyl sites for hydroxylation is 1. The van der Waals surface area contributed by atoms with Crippen LogP contribution in [0.5, 0.6) is 0 Å². The van der Waals surface area contributed by atoms with Gasteiger partial charge < -0.3 is 4.74 Å². The van der Waals surface area contributed by atoms with Crippen LogP contribution in [0.25, 0.3) is 11.3 Å². The van der Waals surface area contributed by atoms with Crippen LogP contribution in [0.3, 0.4) is 0 Å². The summed E-state index contributed by atoms with van der Waals surface area (Å²) in [5, 5.41) is 5.33. The maximum Gasteiger partial charge on any atom is 0.254 e. The normalized spacial score (nSPS) is 11.9. The van der Waals surface area contributed by atoms with Gasteiger partial charge in [-0.05, 0) is 25.8 Å². The van der Waals surface area contributed by atoms with Crippen molar-refractivity contribution in [2.24, 2.45) is 0 Å². The van der Waals surface area contributed by atoms with Crippen molar-refractivity contribution in [3.63, 3.8) is 0 Å². The Bertz CT molecular complexity index is 652. The largest absolute Gasteiger partial charge is 0.368 e. The Morgan fingerprint density at radius 1 is 1.50 bits per heavy atom. The number of nitrogens with zero attached hydrogens (tertiary/aromatic N) is 1. The first-order valence-electron chi connectivity index (χ1n) is 7.16. The lowest BCUT2D eigenvalue weighted by Crippen LogP contribution is -2.27. The molecule has 0 fully saturated rings. The molecule has 0 aliphatic carbocycles. The number of hydrogen-bond donors (Lipinski definition) is 1. The Balaban J connectivity index is 1.99. The lowest BCUT2D eigenvalue weighted by atomic mass is 10.1. The van der Waals surface area contributed by atoms with E-state index in [1.54, 1.807) is 13.0 Å². The van der Waals surface area contributed by atoms with Gasteiger partial charge in [0.05, 0.1) is 12.3 Å². The van der Waals surface area contributed by atoms with Crippen LogP contribution in [-0.2, 0) is 9.53 Å². The molecule has 1 heterocycles. The molecule has 0 spiro atoms. The molecule has 1 N–H and O–H groups in total. The second-order valence-corrected chi connectivity index (χ2v) is 5.79. The molecule has 0 saturated heterocycles. The number of thiazole rings is 1. The molecule has 4 nitrogen and oxygen atoms in total. The van der Waals surface area contributed by atoms with E-state index in [2.05, 4.69) is 16.9 Å². The van der Waals surface area contributed by atoms with Gasteiger partial charge in [-0.15, -0.1) is 17.9 Å². The number of carbonyl (C=O) groups is 1. The standard InChI is InChI=1S/C17H20N2O2S/c1-4-5-10-21-13(3)16(20)19-17-18-15(11-22-17)14-9-7-6-8-12(14)2/h4,6-9,11,13H,1,5,10H2,2-3H3,(H,18,19,20). The van der Waals surface area contributed by atoms with Crippen molar-refractivity contribution in [2.75, 3.05) is 11.9 Å². The molecule has 1 aromatic carbocycles. The third-order valence-electron chi connectivity index (χ3n) is 3.21. The van der Waals surface area contributed by atoms with Crippen LogP contribution < -0.4 is 5.32 Å². The van der Waals surface area contributed by atoms with Gasteiger partial charge in [-0.2, -0.15) is 0 Å². The van der Waals surface area contributed by atoms with Crippen molar-refractivity contribution in [1.29, 1.82) is 0 Å². The third-order valence-corrected chi connectivity index (χ3v) is 3.97. The third kappa shape index (κ3) is 4.26. The van der Waals surface area contributed by atoms with E-state index in [0.717, 1.165) is 23.2 Å². The summed E-state index contributed by atoms with van der Waals surface area (Å²) in [5.74, 6) is -0.185. The van der Waals surface area contributed by atoms with E-state index in [0.29, 0.717) is 11.7 Å². The van der Waals surface area contributed by atoms with Gasteiger partial charge in [0.1, 0.15) is 6.10 Å². The second kappa shape index (κ2) is 7.87. The minimum atomic E-state index is -0.509. The first kappa shape index (κ1) is 16.4. The molecule has 1 unspecified atom stereocenters. The molecule has 5 heteroatoms. The lowest BCUT2D eigenvalue weighted by Gasteiger charge is -2.11. The first-order chi connectivity index (χ1) is 10.6. The van der Waals surface area contributed by atoms with Gasteiger partial charge in [0.15, 0.2) is 5.13 Å². The van der Waals surface area contributed by atoms with Crippen LogP contribution in [0.2, 0.25) is 0 Å². The molecule has 0 radical (unpaired) electrons. The molecule has 0 aliphatic heterocycles. The van der Waals surface area contributed by atoms with Gasteiger partial charge in [-0.25, -0.2) is 4.98 Å². The van der Waals surface area contributed by atoms with E-state index in [9.17, 15) is 4.79 Å². The number of benzene rings is 1. The zero-order chi connectivity index (χ0) is 15.9. The summed E-state index contributed by atoms with van der Waals surface area (Å²) >= 11 is 1.41. The molecule has 2 rings (SSSR count). The van der Waals surface area contributed by atoms with E-state index >= 15 is 0 Å². The number of amides is 1. The highest BCUT2D eigenvalue weighted by atomic mass is 32.1. The van der Waals surface area contributed by atoms with E-state index < -0.39 is 6.10 Å². The summed E-state index contributed by atoms with van der Waals surface area (Å²) in [4.78, 5) is 16.5. The summed E-state index contributed by atoms with van der Waals surface area (Å²) in [7, 11) is 0. The van der Waals surface area contributed by atoms with Gasteiger partial charge in [-0.1, -0.05) is 30.3 Å². The van der Waals surface area contributed by atoms with Crippen LogP contribution in [-0.4, -0.2) is 23.6 Å². The van der Waals surface area contributed by atoms with Crippen LogP contribution in [0.15, 0.2) is 42.3 Å². The van der Waals surface area contributed by atoms with Crippen LogP contribution in [0.4, 0.5) is 5.13 Å². The Morgan fingerprint density at radius 2 is 2.27 bits per heavy atom. The van der Waals surface area contributed by atoms with Crippen molar-refractivity contribution >= 4 is 22.4 Å². The predicted molar refractivity (Wildman–Crippen MR) is 91.1 cm³/mol. The first-order valence-corrected chi connectivity index (χ1v) is 8.04. The summed E-state index contributed by atoms with van der Waals surface area (Å²) in [6.07, 6.45) is 1.98. The van der Waals surface area contributed by atoms with Crippen molar-refractivity contribution in [2.45, 2.75) is 26.4 Å². The average molecular weight is 316 g/mol. The Hall–Kier alpha value is -1.98. The van der Waals surface area contributed by atoms with Crippen LogP contribution in [0.1, 0.15) is 18.9 Å². The fraction of sp³-hybridized carbons (Fsp3) is 0.294. The summed E-state index contributed by atoms with van der Waals surface area (Å²) < 4.78 is 5.42. The average Bonchev–Trinajstić information content (AvgIpc) is 2.96. The quantitative estimate of drug-likeness (QED) is 0.619. The van der Waals surface area contributed by atoms with Crippen LogP contribution in [0, 0.1) is 6.92 Å². The summed E-state index contributed by atoms with van der Waals surface area (Å²) in [5.41, 5.74) is 3.11. The molecular weight excluding hydrogens is 296 g/mol. The molecule has 116 valence electrons. The Morgan fingerprint density at radius 3 is 3.00 bits per heavy atom. The topological polar surface area (TPSA) is 51.2 Å². The molecule has 1 atom stereocenters. The van der Waals surface area contributed by atoms with Gasteiger partial charge in [0.25, 0.3) is 5.91 Å². The highest BCUT2D eigenvalue weighted by molar-refractivity contribution is 7.14. The van der Waals surface area contributed by atoms with E-state index in [1.807, 2.05) is 36.6 Å². The molecule has 1 aromatic heterocycles. The lowest BCUT2D eigenvalue weighted by molar-refractivity contribution is -0.126. The molecule has 0 saturated carbocycles. The fourth-order valence-corrected chi connectivity index (χ4v) is 2.64. The number of hydrogen-bond acceptors (Lipinski definition) is 4. The number of aromatic nitrogens is 1. The van der Waals surface area contributed by atoms with E-state index in [-0.39, 0.29) is 5.91 Å². The number of rotatable bonds is 7. The van der Waals surface area contributed by atoms with Gasteiger partial charge in [0.2, 0.25) is 0 Å². The minimum absolute atomic E-state index is 0.185. The van der Waals surface area contributed by atoms with Gasteiger partial charge >= 0.3 is 0 Å². The van der Waals surface area contributed by atoms with Crippen molar-refractivity contribution in [1.82, 2.24) is 4.98 Å². The number of nitrogens with one attached hydrogen (secondary N) is 1. The molecule has 1 amide bonds. The fourth-order valence-electron chi connectivity index (χ4n) is 1.93. The van der Waals surface area contributed by atoms with Crippen molar-refractivity contribution in [3.05, 3.63) is 47.9 Å². The SMILES string of the molecule is C=CCCOC(C)C(=O)Nc1nc(-c2ccccc2C)cs1. The van der Waals surface area contributed by atoms with Crippen molar-refractivity contribution < 1.29 is 9.53 Å². The highest BCUT2D eigenvalue weighted by Gasteiger charge is 2.15. The smallest absolute Gasteiger partial charge is 0.254 e. The number of anilines is 1. The second-order valence-electron chi connectivity index (χ2n) is 4.93. The minimum Gasteiger partial charge on any atom is -0.368 e. The molecule has 22 heavy (non-hydrogen) atoms. The van der Waals surface area contributed by atoms with Crippen LogP contribution >= 0.6 is 11.3 Å². The zero-order valence-corrected chi connectivity index (χ0v) is 13.7. The van der Waals surface area contributed by atoms with Gasteiger partial charge in [0, 0.05) is 10.9 Å². The summed E-state index contributed by atoms with van der Waals surface area (Å²) in [6.45, 7) is 7.88. The number of carbonyl (C=O) groups excluding carboxylic acids is 1. The predicted octanol–water partition coefficient (Wildman–Crippen LogP) is 4.04. The number of ether oxygens (including phenoxy) is 1. The van der Waals surface area contributed by atoms with Crippen molar-refractivity contribution in [3.8, 4) is 11.3 Å². The summed E-state index contributed by atoms with van der Waals surface area (Å²) in [6, 6.07) is 8.05. The molecule has 0 bridgehead atoms. The van der Waals surface area contributed by atoms with E-state index in [4.69, 9.17) is 4.74 Å². The Labute approximate surface area is 134 Å².